The molecular formula is C15H13Cl3N2O4S. The maximum absolute atomic E-state index is 12.5. The van der Waals surface area contributed by atoms with Crippen molar-refractivity contribution in [2.75, 3.05) is 6.61 Å². The maximum atomic E-state index is 12.5. The molecule has 0 atom stereocenters. The fourth-order valence-corrected chi connectivity index (χ4v) is 4.33. The van der Waals surface area contributed by atoms with Crippen molar-refractivity contribution in [3.8, 4) is 0 Å². The summed E-state index contributed by atoms with van der Waals surface area (Å²) in [4.78, 5) is 19.7. The molecule has 0 unspecified atom stereocenters. The quantitative estimate of drug-likeness (QED) is 0.520. The SMILES string of the molecule is CCOC(=O)c1nccnc1CS(=O)(=O)Cc1c(Cl)ccc(Cl)c1Cl. The first kappa shape index (κ1) is 19.9. The topological polar surface area (TPSA) is 86.2 Å². The van der Waals surface area contributed by atoms with Crippen molar-refractivity contribution in [3.63, 3.8) is 0 Å². The Bertz CT molecular complexity index is 904. The number of benzene rings is 1. The van der Waals surface area contributed by atoms with E-state index in [0.29, 0.717) is 0 Å². The Hall–Kier alpha value is -1.41. The number of hydrogen-bond acceptors (Lipinski definition) is 6. The molecule has 134 valence electrons. The smallest absolute Gasteiger partial charge is 0.358 e. The molecule has 0 saturated heterocycles. The van der Waals surface area contributed by atoms with E-state index in [2.05, 4.69) is 9.97 Å². The van der Waals surface area contributed by atoms with E-state index in [1.807, 2.05) is 0 Å². The van der Waals surface area contributed by atoms with Crippen LogP contribution in [0.25, 0.3) is 0 Å². The number of aromatic nitrogens is 2. The molecule has 10 heteroatoms. The van der Waals surface area contributed by atoms with Crippen LogP contribution in [0, 0.1) is 0 Å². The number of ether oxygens (including phenoxy) is 1. The van der Waals surface area contributed by atoms with Crippen molar-refractivity contribution in [1.29, 1.82) is 0 Å². The predicted molar refractivity (Wildman–Crippen MR) is 95.8 cm³/mol. The second-order valence-electron chi connectivity index (χ2n) is 4.93. The summed E-state index contributed by atoms with van der Waals surface area (Å²) in [7, 11) is -3.76. The molecule has 0 saturated carbocycles. The average molecular weight is 424 g/mol. The summed E-state index contributed by atoms with van der Waals surface area (Å²) in [6.45, 7) is 1.77. The summed E-state index contributed by atoms with van der Waals surface area (Å²) in [5, 5.41) is 0.452. The van der Waals surface area contributed by atoms with Crippen LogP contribution in [0.4, 0.5) is 0 Å². The third-order valence-electron chi connectivity index (χ3n) is 3.10. The van der Waals surface area contributed by atoms with Gasteiger partial charge in [-0.2, -0.15) is 0 Å². The highest BCUT2D eigenvalue weighted by Gasteiger charge is 2.24. The van der Waals surface area contributed by atoms with Gasteiger partial charge in [-0.25, -0.2) is 18.2 Å². The highest BCUT2D eigenvalue weighted by atomic mass is 35.5. The fourth-order valence-electron chi connectivity index (χ4n) is 2.02. The van der Waals surface area contributed by atoms with Crippen LogP contribution in [-0.4, -0.2) is 31.0 Å². The third kappa shape index (κ3) is 5.04. The van der Waals surface area contributed by atoms with Crippen LogP contribution in [0.15, 0.2) is 24.5 Å². The van der Waals surface area contributed by atoms with Gasteiger partial charge in [0.05, 0.1) is 33.9 Å². The van der Waals surface area contributed by atoms with E-state index in [1.165, 1.54) is 24.5 Å². The summed E-state index contributed by atoms with van der Waals surface area (Å²) in [5.41, 5.74) is 0.0452. The molecule has 6 nitrogen and oxygen atoms in total. The molecule has 1 heterocycles. The highest BCUT2D eigenvalue weighted by Crippen LogP contribution is 2.33. The molecule has 0 N–H and O–H groups in total. The van der Waals surface area contributed by atoms with Gasteiger partial charge in [0.1, 0.15) is 0 Å². The molecule has 0 radical (unpaired) electrons. The zero-order valence-corrected chi connectivity index (χ0v) is 16.1. The first-order valence-corrected chi connectivity index (χ1v) is 10.0. The van der Waals surface area contributed by atoms with Crippen molar-refractivity contribution in [2.24, 2.45) is 0 Å². The van der Waals surface area contributed by atoms with E-state index in [0.717, 1.165) is 0 Å². The van der Waals surface area contributed by atoms with E-state index in [9.17, 15) is 13.2 Å². The van der Waals surface area contributed by atoms with E-state index < -0.39 is 27.3 Å². The van der Waals surface area contributed by atoms with Gasteiger partial charge in [-0.3, -0.25) is 4.98 Å². The summed E-state index contributed by atoms with van der Waals surface area (Å²) >= 11 is 18.0. The lowest BCUT2D eigenvalue weighted by atomic mass is 10.2. The summed E-state index contributed by atoms with van der Waals surface area (Å²) < 4.78 is 29.9. The van der Waals surface area contributed by atoms with E-state index >= 15 is 0 Å². The lowest BCUT2D eigenvalue weighted by Crippen LogP contribution is -2.16. The van der Waals surface area contributed by atoms with E-state index in [4.69, 9.17) is 39.5 Å². The van der Waals surface area contributed by atoms with Gasteiger partial charge in [0.25, 0.3) is 0 Å². The van der Waals surface area contributed by atoms with Crippen LogP contribution in [-0.2, 0) is 26.1 Å². The standard InChI is InChI=1S/C15H13Cl3N2O4S/c1-2-24-15(21)14-12(19-5-6-20-14)8-25(22,23)7-9-10(16)3-4-11(17)13(9)18/h3-6H,2,7-8H2,1H3. The molecule has 2 aromatic rings. The highest BCUT2D eigenvalue weighted by molar-refractivity contribution is 7.89. The van der Waals surface area contributed by atoms with Gasteiger partial charge in [0.15, 0.2) is 15.5 Å². The van der Waals surface area contributed by atoms with Gasteiger partial charge < -0.3 is 4.74 Å². The predicted octanol–water partition coefficient (Wildman–Crippen LogP) is 3.73. The van der Waals surface area contributed by atoms with Crippen LogP contribution < -0.4 is 0 Å². The Morgan fingerprint density at radius 2 is 1.72 bits per heavy atom. The minimum Gasteiger partial charge on any atom is -0.461 e. The molecule has 1 aromatic heterocycles. The first-order valence-electron chi connectivity index (χ1n) is 7.05. The number of halogens is 3. The van der Waals surface area contributed by atoms with Crippen molar-refractivity contribution in [3.05, 3.63) is 56.5 Å². The zero-order valence-electron chi connectivity index (χ0n) is 13.0. The number of hydrogen-bond donors (Lipinski definition) is 0. The second-order valence-corrected chi connectivity index (χ2v) is 8.18. The van der Waals surface area contributed by atoms with Crippen LogP contribution in [0.1, 0.15) is 28.7 Å². The van der Waals surface area contributed by atoms with Crippen molar-refractivity contribution in [2.45, 2.75) is 18.4 Å². The van der Waals surface area contributed by atoms with E-state index in [-0.39, 0.29) is 38.6 Å². The van der Waals surface area contributed by atoms with Crippen LogP contribution in [0.5, 0.6) is 0 Å². The Morgan fingerprint density at radius 1 is 1.08 bits per heavy atom. The summed E-state index contributed by atoms with van der Waals surface area (Å²) in [5.74, 6) is -1.71. The molecule has 2 rings (SSSR count). The Labute approximate surface area is 160 Å². The zero-order chi connectivity index (χ0) is 18.6. The molecule has 0 aliphatic heterocycles. The minimum atomic E-state index is -3.76. The van der Waals surface area contributed by atoms with Gasteiger partial charge >= 0.3 is 5.97 Å². The Kier molecular flexibility index (Phi) is 6.62. The van der Waals surface area contributed by atoms with Gasteiger partial charge in [-0.1, -0.05) is 34.8 Å². The number of rotatable bonds is 6. The molecule has 0 aliphatic carbocycles. The molecule has 1 aromatic carbocycles. The van der Waals surface area contributed by atoms with Crippen molar-refractivity contribution >= 4 is 50.6 Å². The normalized spacial score (nSPS) is 11.4. The Balaban J connectivity index is 2.32. The van der Waals surface area contributed by atoms with Crippen molar-refractivity contribution < 1.29 is 17.9 Å². The van der Waals surface area contributed by atoms with Gasteiger partial charge in [0, 0.05) is 23.0 Å². The number of carbonyl (C=O) groups is 1. The third-order valence-corrected chi connectivity index (χ3v) is 5.74. The van der Waals surface area contributed by atoms with Crippen molar-refractivity contribution in [1.82, 2.24) is 9.97 Å². The summed E-state index contributed by atoms with van der Waals surface area (Å²) in [6, 6.07) is 2.94. The van der Waals surface area contributed by atoms with Crippen LogP contribution >= 0.6 is 34.8 Å². The van der Waals surface area contributed by atoms with Gasteiger partial charge in [0.2, 0.25) is 0 Å². The lowest BCUT2D eigenvalue weighted by Gasteiger charge is -2.10. The molecule has 0 fully saturated rings. The molecule has 0 aliphatic rings. The average Bonchev–Trinajstić information content (AvgIpc) is 2.55. The number of sulfone groups is 1. The minimum absolute atomic E-state index is 0.00442. The van der Waals surface area contributed by atoms with Crippen LogP contribution in [0.2, 0.25) is 15.1 Å². The second kappa shape index (κ2) is 8.31. The lowest BCUT2D eigenvalue weighted by molar-refractivity contribution is 0.0517. The number of esters is 1. The van der Waals surface area contributed by atoms with Gasteiger partial charge in [-0.05, 0) is 19.1 Å². The fraction of sp³-hybridized carbons (Fsp3) is 0.267. The largest absolute Gasteiger partial charge is 0.461 e. The molecule has 25 heavy (non-hydrogen) atoms. The first-order chi connectivity index (χ1) is 11.7. The Morgan fingerprint density at radius 3 is 2.40 bits per heavy atom. The van der Waals surface area contributed by atoms with Crippen LogP contribution in [0.3, 0.4) is 0 Å². The number of nitrogens with zero attached hydrogens (tertiary/aromatic N) is 2. The molecule has 0 amide bonds. The number of carbonyl (C=O) groups excluding carboxylic acids is 1. The molecule has 0 bridgehead atoms. The molecule has 0 spiro atoms. The maximum Gasteiger partial charge on any atom is 0.358 e. The molecular weight excluding hydrogens is 411 g/mol. The van der Waals surface area contributed by atoms with E-state index in [1.54, 1.807) is 6.92 Å². The van der Waals surface area contributed by atoms with Gasteiger partial charge in [-0.15, -0.1) is 0 Å². The monoisotopic (exact) mass is 422 g/mol. The summed E-state index contributed by atoms with van der Waals surface area (Å²) in [6.07, 6.45) is 2.58.